The second kappa shape index (κ2) is 12.4. The molecule has 1 aromatic rings. The van der Waals surface area contributed by atoms with Gasteiger partial charge in [-0.25, -0.2) is 12.7 Å². The van der Waals surface area contributed by atoms with Gasteiger partial charge in [-0.2, -0.15) is 0 Å². The van der Waals surface area contributed by atoms with Gasteiger partial charge >= 0.3 is 0 Å². The Morgan fingerprint density at radius 1 is 1.29 bits per heavy atom. The van der Waals surface area contributed by atoms with E-state index in [0.29, 0.717) is 19.0 Å². The molecule has 0 aliphatic carbocycles. The predicted molar refractivity (Wildman–Crippen MR) is 109 cm³/mol. The van der Waals surface area contributed by atoms with E-state index in [0.717, 1.165) is 25.1 Å². The molecule has 0 aliphatic heterocycles. The van der Waals surface area contributed by atoms with Crippen LogP contribution in [0, 0.1) is 0 Å². The lowest BCUT2D eigenvalue weighted by Crippen LogP contribution is -2.40. The summed E-state index contributed by atoms with van der Waals surface area (Å²) in [7, 11) is 0.225. The molecule has 9 heteroatoms. The van der Waals surface area contributed by atoms with Crippen LogP contribution in [0.15, 0.2) is 29.4 Å². The second-order valence-electron chi connectivity index (χ2n) is 5.07. The van der Waals surface area contributed by atoms with Crippen LogP contribution >= 0.6 is 24.0 Å². The standard InChI is InChI=1S/C15H27N5O2S.HI/c1-4-23(21,22)20(3)13-7-11-18-15(16-2)19-12-9-14-8-5-6-10-17-14;/h5-6,8,10H,4,7,9,11-13H2,1-3H3,(H2,16,18,19);1H. The number of nitrogens with one attached hydrogen (secondary N) is 2. The van der Waals surface area contributed by atoms with Gasteiger partial charge in [-0.3, -0.25) is 9.98 Å². The molecule has 0 amide bonds. The van der Waals surface area contributed by atoms with Gasteiger partial charge in [-0.05, 0) is 25.5 Å². The summed E-state index contributed by atoms with van der Waals surface area (Å²) in [5.41, 5.74) is 1.03. The first-order valence-corrected chi connectivity index (χ1v) is 9.39. The molecule has 0 aromatic carbocycles. The lowest BCUT2D eigenvalue weighted by Gasteiger charge is -2.16. The highest BCUT2D eigenvalue weighted by molar-refractivity contribution is 14.0. The fraction of sp³-hybridized carbons (Fsp3) is 0.600. The Morgan fingerprint density at radius 3 is 2.58 bits per heavy atom. The number of aromatic nitrogens is 1. The lowest BCUT2D eigenvalue weighted by molar-refractivity contribution is 0.461. The van der Waals surface area contributed by atoms with Crippen LogP contribution in [0.4, 0.5) is 0 Å². The molecule has 1 aromatic heterocycles. The highest BCUT2D eigenvalue weighted by Crippen LogP contribution is 1.98. The van der Waals surface area contributed by atoms with Gasteiger partial charge in [0.25, 0.3) is 0 Å². The van der Waals surface area contributed by atoms with E-state index in [1.165, 1.54) is 4.31 Å². The molecule has 0 fully saturated rings. The average Bonchev–Trinajstić information content (AvgIpc) is 2.57. The summed E-state index contributed by atoms with van der Waals surface area (Å²) in [6, 6.07) is 5.85. The van der Waals surface area contributed by atoms with E-state index in [9.17, 15) is 8.42 Å². The third-order valence-electron chi connectivity index (χ3n) is 3.41. The Labute approximate surface area is 162 Å². The lowest BCUT2D eigenvalue weighted by atomic mass is 10.3. The molecular weight excluding hydrogens is 441 g/mol. The maximum Gasteiger partial charge on any atom is 0.213 e. The second-order valence-corrected chi connectivity index (χ2v) is 7.44. The first kappa shape index (κ1) is 23.1. The van der Waals surface area contributed by atoms with Crippen LogP contribution in [0.5, 0.6) is 0 Å². The first-order valence-electron chi connectivity index (χ1n) is 7.78. The van der Waals surface area contributed by atoms with E-state index in [2.05, 4.69) is 20.6 Å². The molecule has 0 radical (unpaired) electrons. The van der Waals surface area contributed by atoms with Crippen LogP contribution in [0.1, 0.15) is 19.0 Å². The Morgan fingerprint density at radius 2 is 2.00 bits per heavy atom. The third-order valence-corrected chi connectivity index (χ3v) is 5.27. The zero-order valence-corrected chi connectivity index (χ0v) is 17.7. The molecule has 0 unspecified atom stereocenters. The molecule has 138 valence electrons. The van der Waals surface area contributed by atoms with Crippen molar-refractivity contribution >= 4 is 40.0 Å². The van der Waals surface area contributed by atoms with E-state index < -0.39 is 10.0 Å². The quantitative estimate of drug-likeness (QED) is 0.245. The summed E-state index contributed by atoms with van der Waals surface area (Å²) in [6.07, 6.45) is 3.32. The van der Waals surface area contributed by atoms with Gasteiger partial charge in [-0.15, -0.1) is 24.0 Å². The Balaban J connectivity index is 0.00000529. The summed E-state index contributed by atoms with van der Waals surface area (Å²) in [4.78, 5) is 8.41. The van der Waals surface area contributed by atoms with Crippen molar-refractivity contribution in [2.24, 2.45) is 4.99 Å². The van der Waals surface area contributed by atoms with Crippen molar-refractivity contribution in [3.8, 4) is 0 Å². The van der Waals surface area contributed by atoms with Crippen LogP contribution in [-0.4, -0.2) is 63.1 Å². The van der Waals surface area contributed by atoms with E-state index in [1.807, 2.05) is 18.2 Å². The van der Waals surface area contributed by atoms with Gasteiger partial charge in [0.1, 0.15) is 0 Å². The molecule has 24 heavy (non-hydrogen) atoms. The van der Waals surface area contributed by atoms with Crippen molar-refractivity contribution < 1.29 is 8.42 Å². The van der Waals surface area contributed by atoms with Crippen LogP contribution in [-0.2, 0) is 16.4 Å². The van der Waals surface area contributed by atoms with Crippen LogP contribution in [0.25, 0.3) is 0 Å². The van der Waals surface area contributed by atoms with Crippen molar-refractivity contribution in [3.63, 3.8) is 0 Å². The molecule has 0 atom stereocenters. The average molecular weight is 469 g/mol. The fourth-order valence-corrected chi connectivity index (χ4v) is 2.79. The maximum atomic E-state index is 11.6. The smallest absolute Gasteiger partial charge is 0.213 e. The number of guanidine groups is 1. The molecule has 0 aliphatic rings. The number of hydrogen-bond acceptors (Lipinski definition) is 4. The van der Waals surface area contributed by atoms with Gasteiger partial charge in [0.2, 0.25) is 10.0 Å². The van der Waals surface area contributed by atoms with Crippen LogP contribution in [0.2, 0.25) is 0 Å². The van der Waals surface area contributed by atoms with Crippen molar-refractivity contribution in [1.82, 2.24) is 19.9 Å². The summed E-state index contributed by atoms with van der Waals surface area (Å²) < 4.78 is 24.6. The van der Waals surface area contributed by atoms with Gasteiger partial charge in [-0.1, -0.05) is 6.07 Å². The molecule has 2 N–H and O–H groups in total. The van der Waals surface area contributed by atoms with Gasteiger partial charge in [0.15, 0.2) is 5.96 Å². The zero-order valence-electron chi connectivity index (χ0n) is 14.5. The summed E-state index contributed by atoms with van der Waals surface area (Å²) in [5, 5.41) is 6.39. The highest BCUT2D eigenvalue weighted by atomic mass is 127. The predicted octanol–water partition coefficient (Wildman–Crippen LogP) is 1.08. The molecule has 7 nitrogen and oxygen atoms in total. The molecule has 0 saturated heterocycles. The van der Waals surface area contributed by atoms with Crippen molar-refractivity contribution in [2.75, 3.05) is 39.5 Å². The van der Waals surface area contributed by atoms with Gasteiger partial charge < -0.3 is 10.6 Å². The zero-order chi connectivity index (χ0) is 17.1. The summed E-state index contributed by atoms with van der Waals surface area (Å²) in [6.45, 7) is 3.54. The van der Waals surface area contributed by atoms with Crippen molar-refractivity contribution in [2.45, 2.75) is 19.8 Å². The van der Waals surface area contributed by atoms with Gasteiger partial charge in [0, 0.05) is 52.0 Å². The Bertz CT molecular complexity index is 581. The molecule has 1 heterocycles. The number of rotatable bonds is 9. The van der Waals surface area contributed by atoms with Crippen LogP contribution < -0.4 is 10.6 Å². The number of hydrogen-bond donors (Lipinski definition) is 2. The Kier molecular flexibility index (Phi) is 11.9. The minimum absolute atomic E-state index is 0. The molecule has 0 saturated carbocycles. The number of aliphatic imine (C=N–C) groups is 1. The molecule has 0 spiro atoms. The molecular formula is C15H28IN5O2S. The largest absolute Gasteiger partial charge is 0.356 e. The topological polar surface area (TPSA) is 86.7 Å². The molecule has 0 bridgehead atoms. The maximum absolute atomic E-state index is 11.6. The fourth-order valence-electron chi connectivity index (χ4n) is 1.94. The van der Waals surface area contributed by atoms with Gasteiger partial charge in [0.05, 0.1) is 5.75 Å². The van der Waals surface area contributed by atoms with E-state index in [4.69, 9.17) is 0 Å². The number of nitrogens with zero attached hydrogens (tertiary/aromatic N) is 3. The SMILES string of the molecule is CCS(=O)(=O)N(C)CCCNC(=NC)NCCc1ccccn1.I. The first-order chi connectivity index (χ1) is 11.0. The number of halogens is 1. The Hall–Kier alpha value is -0.940. The van der Waals surface area contributed by atoms with Crippen LogP contribution in [0.3, 0.4) is 0 Å². The van der Waals surface area contributed by atoms with E-state index in [-0.39, 0.29) is 29.7 Å². The number of sulfonamides is 1. The van der Waals surface area contributed by atoms with Crippen molar-refractivity contribution in [3.05, 3.63) is 30.1 Å². The summed E-state index contributed by atoms with van der Waals surface area (Å²) >= 11 is 0. The third kappa shape index (κ3) is 8.78. The summed E-state index contributed by atoms with van der Waals surface area (Å²) in [5.74, 6) is 0.843. The molecule has 1 rings (SSSR count). The van der Waals surface area contributed by atoms with E-state index in [1.54, 1.807) is 27.2 Å². The minimum atomic E-state index is -3.10. The normalized spacial score (nSPS) is 11.9. The number of pyridine rings is 1. The van der Waals surface area contributed by atoms with E-state index >= 15 is 0 Å². The minimum Gasteiger partial charge on any atom is -0.356 e. The monoisotopic (exact) mass is 469 g/mol. The van der Waals surface area contributed by atoms with Crippen molar-refractivity contribution in [1.29, 1.82) is 0 Å². The highest BCUT2D eigenvalue weighted by Gasteiger charge is 2.13.